The van der Waals surface area contributed by atoms with E-state index in [1.54, 1.807) is 32.3 Å². The highest BCUT2D eigenvalue weighted by Crippen LogP contribution is 2.14. The van der Waals surface area contributed by atoms with Crippen molar-refractivity contribution in [2.45, 2.75) is 0 Å². The molecule has 0 aliphatic heterocycles. The summed E-state index contributed by atoms with van der Waals surface area (Å²) < 4.78 is 33.6. The van der Waals surface area contributed by atoms with Gasteiger partial charge < -0.3 is 9.08 Å². The van der Waals surface area contributed by atoms with Gasteiger partial charge in [0, 0.05) is 20.2 Å². The molecule has 0 spiro atoms. The van der Waals surface area contributed by atoms with E-state index in [-0.39, 0.29) is 11.7 Å². The molecule has 0 unspecified atom stereocenters. The molecule has 0 aromatic heterocycles. The molecule has 6 nitrogen and oxygen atoms in total. The predicted octanol–water partition coefficient (Wildman–Crippen LogP) is 0.970. The van der Waals surface area contributed by atoms with Crippen LogP contribution in [0.2, 0.25) is 0 Å². The lowest BCUT2D eigenvalue weighted by molar-refractivity contribution is -0.123. The first-order chi connectivity index (χ1) is 8.28. The SMILES string of the molecule is CN(C)C(=O)C=Cc1ccc(OS(=O)(=O)O)cc1. The van der Waals surface area contributed by atoms with E-state index in [0.717, 1.165) is 0 Å². The van der Waals surface area contributed by atoms with E-state index in [1.165, 1.54) is 23.1 Å². The second kappa shape index (κ2) is 5.65. The van der Waals surface area contributed by atoms with Crippen LogP contribution in [-0.4, -0.2) is 37.9 Å². The van der Waals surface area contributed by atoms with Gasteiger partial charge in [0.15, 0.2) is 0 Å². The summed E-state index contributed by atoms with van der Waals surface area (Å²) in [6.45, 7) is 0. The Kier molecular flexibility index (Phi) is 4.46. The van der Waals surface area contributed by atoms with Crippen LogP contribution in [0.5, 0.6) is 5.75 Å². The highest BCUT2D eigenvalue weighted by molar-refractivity contribution is 7.81. The molecule has 7 heteroatoms. The van der Waals surface area contributed by atoms with E-state index in [4.69, 9.17) is 4.55 Å². The van der Waals surface area contributed by atoms with Gasteiger partial charge in [-0.2, -0.15) is 8.42 Å². The third-order valence-electron chi connectivity index (χ3n) is 1.94. The first-order valence-corrected chi connectivity index (χ1v) is 6.31. The highest BCUT2D eigenvalue weighted by Gasteiger charge is 2.05. The minimum atomic E-state index is -4.51. The molecule has 1 amide bonds. The smallest absolute Gasteiger partial charge is 0.362 e. The molecule has 0 saturated heterocycles. The maximum atomic E-state index is 11.3. The van der Waals surface area contributed by atoms with Crippen molar-refractivity contribution in [3.63, 3.8) is 0 Å². The predicted molar refractivity (Wildman–Crippen MR) is 66.3 cm³/mol. The second-order valence-electron chi connectivity index (χ2n) is 3.65. The normalized spacial score (nSPS) is 11.5. The van der Waals surface area contributed by atoms with Gasteiger partial charge in [0.05, 0.1) is 0 Å². The summed E-state index contributed by atoms with van der Waals surface area (Å²) in [6.07, 6.45) is 2.97. The van der Waals surface area contributed by atoms with Gasteiger partial charge in [-0.15, -0.1) is 0 Å². The molecule has 0 saturated carbocycles. The number of hydrogen-bond acceptors (Lipinski definition) is 4. The van der Waals surface area contributed by atoms with Gasteiger partial charge in [0.2, 0.25) is 5.91 Å². The minimum Gasteiger partial charge on any atom is -0.362 e. The first kappa shape index (κ1) is 14.2. The first-order valence-electron chi connectivity index (χ1n) is 4.94. The molecule has 1 N–H and O–H groups in total. The third-order valence-corrected chi connectivity index (χ3v) is 2.34. The number of carbonyl (C=O) groups excluding carboxylic acids is 1. The second-order valence-corrected chi connectivity index (χ2v) is 4.67. The van der Waals surface area contributed by atoms with E-state index in [1.807, 2.05) is 0 Å². The lowest BCUT2D eigenvalue weighted by Crippen LogP contribution is -2.18. The molecule has 0 bridgehead atoms. The standard InChI is InChI=1S/C11H13NO5S/c1-12(2)11(13)8-5-9-3-6-10(7-4-9)17-18(14,15)16/h3-8H,1-2H3,(H,14,15,16). The van der Waals surface area contributed by atoms with E-state index in [9.17, 15) is 13.2 Å². The largest absolute Gasteiger partial charge is 0.446 e. The average Bonchev–Trinajstić information content (AvgIpc) is 2.25. The molecule has 18 heavy (non-hydrogen) atoms. The van der Waals surface area contributed by atoms with Crippen LogP contribution in [-0.2, 0) is 15.2 Å². The van der Waals surface area contributed by atoms with Crippen molar-refractivity contribution in [1.82, 2.24) is 4.90 Å². The van der Waals surface area contributed by atoms with Gasteiger partial charge in [-0.1, -0.05) is 12.1 Å². The summed E-state index contributed by atoms with van der Waals surface area (Å²) in [7, 11) is -1.24. The van der Waals surface area contributed by atoms with Crippen molar-refractivity contribution in [3.05, 3.63) is 35.9 Å². The molecule has 0 aliphatic carbocycles. The molecular formula is C11H13NO5S. The zero-order chi connectivity index (χ0) is 13.8. The van der Waals surface area contributed by atoms with Crippen molar-refractivity contribution in [2.75, 3.05) is 14.1 Å². The molecule has 0 fully saturated rings. The molecule has 98 valence electrons. The molecule has 1 aromatic rings. The number of benzene rings is 1. The van der Waals surface area contributed by atoms with Crippen molar-refractivity contribution >= 4 is 22.4 Å². The topological polar surface area (TPSA) is 83.9 Å². The highest BCUT2D eigenvalue weighted by atomic mass is 32.3. The molecule has 0 aliphatic rings. The van der Waals surface area contributed by atoms with Gasteiger partial charge in [0.25, 0.3) is 0 Å². The quantitative estimate of drug-likeness (QED) is 0.651. The number of carbonyl (C=O) groups is 1. The molecule has 0 radical (unpaired) electrons. The Morgan fingerprint density at radius 3 is 2.28 bits per heavy atom. The number of amides is 1. The Balaban J connectivity index is 2.75. The Hall–Kier alpha value is -1.86. The molecular weight excluding hydrogens is 258 g/mol. The lowest BCUT2D eigenvalue weighted by Gasteiger charge is -2.05. The molecule has 0 heterocycles. The average molecular weight is 271 g/mol. The summed E-state index contributed by atoms with van der Waals surface area (Å²) in [5.41, 5.74) is 0.702. The van der Waals surface area contributed by atoms with E-state index >= 15 is 0 Å². The fourth-order valence-corrected chi connectivity index (χ4v) is 1.43. The number of hydrogen-bond donors (Lipinski definition) is 1. The minimum absolute atomic E-state index is 0.00594. The Morgan fingerprint density at radius 2 is 1.83 bits per heavy atom. The van der Waals surface area contributed by atoms with Crippen LogP contribution in [0.1, 0.15) is 5.56 Å². The Bertz CT molecular complexity index is 545. The van der Waals surface area contributed by atoms with Crippen LogP contribution in [0.15, 0.2) is 30.3 Å². The van der Waals surface area contributed by atoms with Gasteiger partial charge in [-0.3, -0.25) is 9.35 Å². The van der Waals surface area contributed by atoms with Crippen molar-refractivity contribution < 1.29 is 21.9 Å². The lowest BCUT2D eigenvalue weighted by atomic mass is 10.2. The number of rotatable bonds is 4. The number of nitrogens with zero attached hydrogens (tertiary/aromatic N) is 1. The van der Waals surface area contributed by atoms with Crippen LogP contribution < -0.4 is 4.18 Å². The van der Waals surface area contributed by atoms with Crippen molar-refractivity contribution in [3.8, 4) is 5.75 Å². The maximum Gasteiger partial charge on any atom is 0.446 e. The zero-order valence-corrected chi connectivity index (χ0v) is 10.7. The van der Waals surface area contributed by atoms with E-state index < -0.39 is 10.4 Å². The van der Waals surface area contributed by atoms with Gasteiger partial charge in [-0.05, 0) is 23.8 Å². The van der Waals surface area contributed by atoms with Crippen molar-refractivity contribution in [1.29, 1.82) is 0 Å². The van der Waals surface area contributed by atoms with Crippen LogP contribution in [0, 0.1) is 0 Å². The Labute approximate surface area is 105 Å². The summed E-state index contributed by atoms with van der Waals surface area (Å²) in [5.74, 6) is -0.165. The zero-order valence-electron chi connectivity index (χ0n) is 9.90. The van der Waals surface area contributed by atoms with Crippen LogP contribution in [0.3, 0.4) is 0 Å². The van der Waals surface area contributed by atoms with Crippen molar-refractivity contribution in [2.24, 2.45) is 0 Å². The molecule has 1 rings (SSSR count). The van der Waals surface area contributed by atoms with Crippen LogP contribution in [0.4, 0.5) is 0 Å². The van der Waals surface area contributed by atoms with Gasteiger partial charge in [-0.25, -0.2) is 0 Å². The molecule has 0 atom stereocenters. The Morgan fingerprint density at radius 1 is 1.28 bits per heavy atom. The van der Waals surface area contributed by atoms with Gasteiger partial charge in [0.1, 0.15) is 5.75 Å². The molecule has 1 aromatic carbocycles. The summed E-state index contributed by atoms with van der Waals surface area (Å²) in [4.78, 5) is 12.7. The fourth-order valence-electron chi connectivity index (χ4n) is 1.07. The fraction of sp³-hybridized carbons (Fsp3) is 0.182. The van der Waals surface area contributed by atoms with E-state index in [2.05, 4.69) is 4.18 Å². The van der Waals surface area contributed by atoms with Gasteiger partial charge >= 0.3 is 10.4 Å². The number of likely N-dealkylation sites (N-methyl/N-ethyl adjacent to an activating group) is 1. The van der Waals surface area contributed by atoms with E-state index in [0.29, 0.717) is 5.56 Å². The van der Waals surface area contributed by atoms with Crippen LogP contribution >= 0.6 is 0 Å². The maximum absolute atomic E-state index is 11.3. The summed E-state index contributed by atoms with van der Waals surface area (Å²) >= 11 is 0. The monoisotopic (exact) mass is 271 g/mol. The summed E-state index contributed by atoms with van der Waals surface area (Å²) in [6, 6.07) is 5.85. The third kappa shape index (κ3) is 4.98. The van der Waals surface area contributed by atoms with Crippen LogP contribution in [0.25, 0.3) is 6.08 Å². The summed E-state index contributed by atoms with van der Waals surface area (Å²) in [5, 5.41) is 0.